The number of carbonyl (C=O) groups is 3. The summed E-state index contributed by atoms with van der Waals surface area (Å²) in [6, 6.07) is 18.5. The third-order valence-electron chi connectivity index (χ3n) is 12.1. The number of benzene rings is 2. The monoisotopic (exact) mass is 819 g/mol. The predicted molar refractivity (Wildman–Crippen MR) is 230 cm³/mol. The van der Waals surface area contributed by atoms with Crippen LogP contribution in [0.1, 0.15) is 69.9 Å². The number of nitrogens with one attached hydrogen (secondary N) is 4. The van der Waals surface area contributed by atoms with Gasteiger partial charge in [-0.1, -0.05) is 56.8 Å². The quantitative estimate of drug-likeness (QED) is 0.112. The van der Waals surface area contributed by atoms with Crippen LogP contribution in [-0.2, 0) is 19.0 Å². The molecule has 2 saturated heterocycles. The number of pyridine rings is 1. The zero-order valence-corrected chi connectivity index (χ0v) is 35.4. The molecule has 60 heavy (non-hydrogen) atoms. The van der Waals surface area contributed by atoms with Crippen LogP contribution in [0.15, 0.2) is 78.1 Å². The number of amidine groups is 1. The number of carbonyl (C=O) groups excluding carboxylic acids is 3. The van der Waals surface area contributed by atoms with Crippen LogP contribution in [0.5, 0.6) is 0 Å². The topological polar surface area (TPSA) is 175 Å². The van der Waals surface area contributed by atoms with Crippen molar-refractivity contribution >= 4 is 34.8 Å². The highest BCUT2D eigenvalue weighted by molar-refractivity contribution is 5.90. The second kappa shape index (κ2) is 18.5. The van der Waals surface area contributed by atoms with Gasteiger partial charge in [-0.3, -0.25) is 9.79 Å². The van der Waals surface area contributed by atoms with Crippen molar-refractivity contribution in [3.8, 4) is 22.5 Å². The number of rotatable bonds is 14. The van der Waals surface area contributed by atoms with Crippen LogP contribution >= 0.6 is 0 Å². The maximum absolute atomic E-state index is 13.8. The minimum atomic E-state index is -0.589. The Morgan fingerprint density at radius 3 is 2.33 bits per heavy atom. The molecule has 0 spiro atoms. The number of fused-ring (bicyclic) bond motifs is 1. The molecule has 7 rings (SSSR count). The number of imidazole rings is 1. The summed E-state index contributed by atoms with van der Waals surface area (Å²) in [7, 11) is 4.23. The normalized spacial score (nSPS) is 20.4. The van der Waals surface area contributed by atoms with E-state index in [1.807, 2.05) is 18.0 Å². The standard InChI is InChI=1S/C45H57N9O6/c1-26(2)40(52-45(57)60-7)27(3)53-20-8-10-38(53)41-47-25-37(51-41)32-17-19-35-31(22-32)16-18-34(49-35)29-12-14-30(15-13-29)36-24-46-42(50-36)39-11-9-21-54(39)43(55)33(28(4)58-5)23-48-44(56)59-6/h12-19,22,24,26,28,33,37-40H,3,8-11,20-21,23,25H2,1-2,4-7H3,(H,46,50)(H,47,51)(H,48,56)(H,52,57). The molecule has 0 saturated carbocycles. The molecule has 4 aromatic rings. The highest BCUT2D eigenvalue weighted by Gasteiger charge is 2.39. The first-order valence-electron chi connectivity index (χ1n) is 20.8. The average Bonchev–Trinajstić information content (AvgIpc) is 4.12. The van der Waals surface area contributed by atoms with E-state index in [0.29, 0.717) is 13.1 Å². The number of likely N-dealkylation sites (tertiary alicyclic amines) is 2. The number of alkyl carbamates (subject to hydrolysis) is 2. The van der Waals surface area contributed by atoms with Crippen molar-refractivity contribution in [2.24, 2.45) is 16.8 Å². The molecule has 15 heteroatoms. The molecule has 3 aliphatic rings. The number of H-pyrrole nitrogens is 1. The third-order valence-corrected chi connectivity index (χ3v) is 12.1. The molecule has 6 atom stereocenters. The summed E-state index contributed by atoms with van der Waals surface area (Å²) in [6.45, 7) is 12.6. The molecule has 0 aliphatic carbocycles. The van der Waals surface area contributed by atoms with Crippen LogP contribution in [0.2, 0.25) is 0 Å². The molecule has 2 aromatic heterocycles. The minimum absolute atomic E-state index is 0.0493. The van der Waals surface area contributed by atoms with E-state index in [1.165, 1.54) is 14.2 Å². The summed E-state index contributed by atoms with van der Waals surface area (Å²) in [5.74, 6) is 1.18. The zero-order chi connectivity index (χ0) is 42.5. The van der Waals surface area contributed by atoms with Crippen LogP contribution in [0, 0.1) is 11.8 Å². The minimum Gasteiger partial charge on any atom is -0.453 e. The summed E-state index contributed by atoms with van der Waals surface area (Å²) in [6.07, 6.45) is 3.98. The van der Waals surface area contributed by atoms with E-state index in [2.05, 4.69) is 101 Å². The molecule has 2 aromatic carbocycles. The number of aliphatic imine (C=N–C) groups is 1. The van der Waals surface area contributed by atoms with Gasteiger partial charge in [0.05, 0.1) is 80.1 Å². The molecule has 3 amide bonds. The van der Waals surface area contributed by atoms with E-state index in [-0.39, 0.29) is 42.5 Å². The van der Waals surface area contributed by atoms with Gasteiger partial charge in [-0.25, -0.2) is 19.6 Å². The van der Waals surface area contributed by atoms with Gasteiger partial charge in [-0.2, -0.15) is 0 Å². The molecule has 4 N–H and O–H groups in total. The third kappa shape index (κ3) is 8.96. The molecule has 15 nitrogen and oxygen atoms in total. The fraction of sp³-hybridized carbons (Fsp3) is 0.467. The van der Waals surface area contributed by atoms with E-state index in [0.717, 1.165) is 88.6 Å². The molecule has 6 unspecified atom stereocenters. The second-order valence-electron chi connectivity index (χ2n) is 16.1. The molecule has 3 aliphatic heterocycles. The molecule has 5 heterocycles. The Balaban J connectivity index is 0.988. The van der Waals surface area contributed by atoms with E-state index in [4.69, 9.17) is 29.2 Å². The Kier molecular flexibility index (Phi) is 13.0. The molecular weight excluding hydrogens is 763 g/mol. The lowest BCUT2D eigenvalue weighted by molar-refractivity contribution is -0.140. The van der Waals surface area contributed by atoms with Crippen molar-refractivity contribution in [1.82, 2.24) is 40.7 Å². The van der Waals surface area contributed by atoms with Crippen molar-refractivity contribution in [3.63, 3.8) is 0 Å². The summed E-state index contributed by atoms with van der Waals surface area (Å²) in [4.78, 5) is 59.9. The largest absolute Gasteiger partial charge is 0.453 e. The second-order valence-corrected chi connectivity index (χ2v) is 16.1. The van der Waals surface area contributed by atoms with Crippen molar-refractivity contribution in [2.75, 3.05) is 47.5 Å². The zero-order valence-electron chi connectivity index (χ0n) is 35.4. The number of ether oxygens (including phenoxy) is 3. The first kappa shape index (κ1) is 42.2. The number of aromatic amines is 1. The van der Waals surface area contributed by atoms with Crippen molar-refractivity contribution in [2.45, 2.75) is 76.7 Å². The van der Waals surface area contributed by atoms with E-state index < -0.39 is 24.2 Å². The fourth-order valence-corrected chi connectivity index (χ4v) is 8.65. The Morgan fingerprint density at radius 2 is 1.62 bits per heavy atom. The number of hydrogen-bond acceptors (Lipinski definition) is 11. The molecule has 2 fully saturated rings. The lowest BCUT2D eigenvalue weighted by Gasteiger charge is -2.35. The lowest BCUT2D eigenvalue weighted by atomic mass is 10.00. The van der Waals surface area contributed by atoms with E-state index in [9.17, 15) is 14.4 Å². The van der Waals surface area contributed by atoms with Gasteiger partial charge in [-0.15, -0.1) is 0 Å². The number of nitrogens with zero attached hydrogens (tertiary/aromatic N) is 5. The smallest absolute Gasteiger partial charge is 0.407 e. The van der Waals surface area contributed by atoms with E-state index >= 15 is 0 Å². The van der Waals surface area contributed by atoms with Gasteiger partial charge >= 0.3 is 12.2 Å². The molecule has 0 bridgehead atoms. The summed E-state index contributed by atoms with van der Waals surface area (Å²) < 4.78 is 15.1. The van der Waals surface area contributed by atoms with Gasteiger partial charge in [0.2, 0.25) is 5.91 Å². The number of aromatic nitrogens is 3. The highest BCUT2D eigenvalue weighted by Crippen LogP contribution is 2.35. The Hall–Kier alpha value is -5.96. The van der Waals surface area contributed by atoms with Gasteiger partial charge in [-0.05, 0) is 67.9 Å². The predicted octanol–water partition coefficient (Wildman–Crippen LogP) is 6.36. The Morgan fingerprint density at radius 1 is 0.900 bits per heavy atom. The van der Waals surface area contributed by atoms with Crippen LogP contribution in [-0.4, -0.2) is 114 Å². The first-order chi connectivity index (χ1) is 29.0. The van der Waals surface area contributed by atoms with Gasteiger partial charge in [0.25, 0.3) is 0 Å². The van der Waals surface area contributed by atoms with E-state index in [1.54, 1.807) is 7.11 Å². The van der Waals surface area contributed by atoms with Crippen molar-refractivity contribution in [1.29, 1.82) is 0 Å². The van der Waals surface area contributed by atoms with Gasteiger partial charge in [0, 0.05) is 43.4 Å². The van der Waals surface area contributed by atoms with Crippen LogP contribution in [0.25, 0.3) is 33.4 Å². The van der Waals surface area contributed by atoms with Crippen LogP contribution in [0.3, 0.4) is 0 Å². The SMILES string of the molecule is C=C(C(NC(=O)OC)C(C)C)N1CCCC1C1=NCC(c2ccc3nc(-c4ccc(-c5cnc(C6CCCN6C(=O)C(CNC(=O)OC)C(C)OC)[nH]5)cc4)ccc3c2)N1. The van der Waals surface area contributed by atoms with Crippen LogP contribution < -0.4 is 16.0 Å². The van der Waals surface area contributed by atoms with Gasteiger partial charge < -0.3 is 44.9 Å². The summed E-state index contributed by atoms with van der Waals surface area (Å²) in [5, 5.41) is 10.4. The maximum Gasteiger partial charge on any atom is 0.407 e. The number of methoxy groups -OCH3 is 3. The molecular formula is C45H57N9O6. The number of amides is 3. The fourth-order valence-electron chi connectivity index (χ4n) is 8.65. The summed E-state index contributed by atoms with van der Waals surface area (Å²) >= 11 is 0. The van der Waals surface area contributed by atoms with Gasteiger partial charge in [0.1, 0.15) is 11.7 Å². The highest BCUT2D eigenvalue weighted by atomic mass is 16.5. The Labute approximate surface area is 351 Å². The van der Waals surface area contributed by atoms with Crippen LogP contribution in [0.4, 0.5) is 9.59 Å². The molecule has 0 radical (unpaired) electrons. The Bertz CT molecular complexity index is 2220. The summed E-state index contributed by atoms with van der Waals surface area (Å²) in [5.41, 5.74) is 6.64. The average molecular weight is 820 g/mol. The first-order valence-corrected chi connectivity index (χ1v) is 20.8. The lowest BCUT2D eigenvalue weighted by Crippen LogP contribution is -2.49. The number of hydrogen-bond donors (Lipinski definition) is 4. The maximum atomic E-state index is 13.8. The van der Waals surface area contributed by atoms with Crippen molar-refractivity contribution in [3.05, 3.63) is 84.5 Å². The van der Waals surface area contributed by atoms with Crippen molar-refractivity contribution < 1.29 is 28.6 Å². The van der Waals surface area contributed by atoms with Gasteiger partial charge in [0.15, 0.2) is 0 Å². The molecule has 318 valence electrons.